The summed E-state index contributed by atoms with van der Waals surface area (Å²) in [6.07, 6.45) is 3.88. The number of Topliss-reactive ketones (excluding diaryl/α,β-unsaturated/α-hetero) is 1. The highest BCUT2D eigenvalue weighted by atomic mass is 35.5. The molecule has 1 aliphatic carbocycles. The summed E-state index contributed by atoms with van der Waals surface area (Å²) in [7, 11) is 0. The molecule has 2 heterocycles. The van der Waals surface area contributed by atoms with Crippen molar-refractivity contribution in [2.75, 3.05) is 13.2 Å². The highest BCUT2D eigenvalue weighted by molar-refractivity contribution is 7.11. The predicted molar refractivity (Wildman–Crippen MR) is 138 cm³/mol. The molecule has 0 atom stereocenters. The first kappa shape index (κ1) is 24.4. The second-order valence-corrected chi connectivity index (χ2v) is 11.6. The van der Waals surface area contributed by atoms with Gasteiger partial charge in [-0.25, -0.2) is 0 Å². The van der Waals surface area contributed by atoms with E-state index in [4.69, 9.17) is 21.1 Å². The maximum atomic E-state index is 13.5. The molecule has 0 saturated carbocycles. The Morgan fingerprint density at radius 1 is 0.971 bits per heavy atom. The van der Waals surface area contributed by atoms with Crippen LogP contribution in [-0.4, -0.2) is 19.0 Å². The highest BCUT2D eigenvalue weighted by Gasteiger charge is 2.35. The third-order valence-corrected chi connectivity index (χ3v) is 6.87. The number of nitrogens with zero attached hydrogens (tertiary/aromatic N) is 2. The molecule has 178 valence electrons. The second-order valence-electron chi connectivity index (χ2n) is 10.4. The third kappa shape index (κ3) is 4.89. The average molecular weight is 497 g/mol. The molecule has 0 N–H and O–H groups in total. The molecule has 1 aromatic heterocycles. The molecular formula is C27H29ClN2O3S. The van der Waals surface area contributed by atoms with Gasteiger partial charge in [0.2, 0.25) is 0 Å². The monoisotopic (exact) mass is 496 g/mol. The van der Waals surface area contributed by atoms with Gasteiger partial charge in [-0.15, -0.1) is 21.6 Å². The molecule has 5 nitrogen and oxygen atoms in total. The molecule has 0 spiro atoms. The Kier molecular flexibility index (Phi) is 6.58. The number of thiophene rings is 1. The van der Waals surface area contributed by atoms with E-state index in [2.05, 4.69) is 51.8 Å². The van der Waals surface area contributed by atoms with Crippen LogP contribution >= 0.6 is 22.9 Å². The fourth-order valence-electron chi connectivity index (χ4n) is 3.78. The van der Waals surface area contributed by atoms with Crippen molar-refractivity contribution in [2.24, 2.45) is 21.1 Å². The molecule has 0 bridgehead atoms. The minimum Gasteiger partial charge on any atom is -0.485 e. The zero-order chi connectivity index (χ0) is 24.7. The molecule has 0 radical (unpaired) electrons. The van der Waals surface area contributed by atoms with E-state index in [1.807, 2.05) is 35.7 Å². The van der Waals surface area contributed by atoms with Gasteiger partial charge in [-0.1, -0.05) is 65.3 Å². The fourth-order valence-corrected chi connectivity index (χ4v) is 4.89. The molecule has 0 fully saturated rings. The van der Waals surface area contributed by atoms with E-state index in [0.717, 1.165) is 21.6 Å². The Hall–Kier alpha value is -2.70. The number of allylic oxidation sites excluding steroid dienone is 5. The first-order chi connectivity index (χ1) is 16.0. The third-order valence-electron chi connectivity index (χ3n) is 5.60. The first-order valence-corrected chi connectivity index (χ1v) is 12.5. The molecule has 34 heavy (non-hydrogen) atoms. The molecule has 1 aromatic carbocycles. The van der Waals surface area contributed by atoms with Gasteiger partial charge >= 0.3 is 0 Å². The van der Waals surface area contributed by atoms with Crippen LogP contribution in [0.25, 0.3) is 5.70 Å². The van der Waals surface area contributed by atoms with Gasteiger partial charge in [0.15, 0.2) is 17.3 Å². The van der Waals surface area contributed by atoms with Crippen molar-refractivity contribution in [3.63, 3.8) is 0 Å². The first-order valence-electron chi connectivity index (χ1n) is 11.2. The van der Waals surface area contributed by atoms with Crippen LogP contribution in [0.15, 0.2) is 68.7 Å². The molecule has 0 unspecified atom stereocenters. The van der Waals surface area contributed by atoms with E-state index >= 15 is 0 Å². The van der Waals surface area contributed by atoms with Crippen molar-refractivity contribution in [1.82, 2.24) is 0 Å². The van der Waals surface area contributed by atoms with Gasteiger partial charge < -0.3 is 9.47 Å². The summed E-state index contributed by atoms with van der Waals surface area (Å²) in [5.41, 5.74) is 2.79. The standard InChI is InChI=1S/C27H29ClN2O3S/c1-26(2,3)17-13-16(14-18(23(17)31)27(4,5)6)22(30-29-20-10-8-7-9-19(20)28)25-24-21(15-34-25)32-11-12-33-24/h7-10,13-15H,11-12H2,1-6H3. The second kappa shape index (κ2) is 9.16. The molecule has 2 aliphatic rings. The summed E-state index contributed by atoms with van der Waals surface area (Å²) in [6.45, 7) is 13.3. The molecule has 0 saturated heterocycles. The zero-order valence-electron chi connectivity index (χ0n) is 20.4. The summed E-state index contributed by atoms with van der Waals surface area (Å²) >= 11 is 7.83. The van der Waals surface area contributed by atoms with Gasteiger partial charge in [-0.2, -0.15) is 0 Å². The van der Waals surface area contributed by atoms with Gasteiger partial charge in [-0.05, 0) is 35.1 Å². The van der Waals surface area contributed by atoms with Crippen LogP contribution in [0.1, 0.15) is 46.4 Å². The number of hydrogen-bond donors (Lipinski definition) is 0. The van der Waals surface area contributed by atoms with E-state index in [9.17, 15) is 4.79 Å². The number of rotatable bonds is 3. The smallest absolute Gasteiger partial charge is 0.186 e. The summed E-state index contributed by atoms with van der Waals surface area (Å²) in [6, 6.07) is 7.31. The van der Waals surface area contributed by atoms with Gasteiger partial charge in [-0.3, -0.25) is 4.79 Å². The van der Waals surface area contributed by atoms with E-state index in [0.29, 0.717) is 41.1 Å². The minimum atomic E-state index is -0.341. The zero-order valence-corrected chi connectivity index (χ0v) is 21.9. The maximum Gasteiger partial charge on any atom is 0.186 e. The Balaban J connectivity index is 1.99. The number of fused-ring (bicyclic) bond motifs is 1. The van der Waals surface area contributed by atoms with E-state index in [1.165, 1.54) is 11.3 Å². The Morgan fingerprint density at radius 2 is 1.59 bits per heavy atom. The maximum absolute atomic E-state index is 13.5. The van der Waals surface area contributed by atoms with E-state index in [1.54, 1.807) is 6.07 Å². The summed E-state index contributed by atoms with van der Waals surface area (Å²) in [4.78, 5) is 14.3. The normalized spacial score (nSPS) is 16.6. The molecule has 2 aromatic rings. The van der Waals surface area contributed by atoms with Crippen molar-refractivity contribution >= 4 is 40.1 Å². The van der Waals surface area contributed by atoms with Gasteiger partial charge in [0.1, 0.15) is 29.5 Å². The SMILES string of the molecule is CC(C)(C)C1=CC(=C(N=Nc2ccccc2Cl)c2scc3c2OCCO3)C=C(C(C)(C)C)C1=O. The predicted octanol–water partition coefficient (Wildman–Crippen LogP) is 8.20. The van der Waals surface area contributed by atoms with Crippen LogP contribution in [0.5, 0.6) is 11.5 Å². The van der Waals surface area contributed by atoms with Crippen molar-refractivity contribution < 1.29 is 14.3 Å². The van der Waals surface area contributed by atoms with Crippen molar-refractivity contribution in [3.05, 3.63) is 68.4 Å². The van der Waals surface area contributed by atoms with Crippen LogP contribution in [0, 0.1) is 10.8 Å². The molecule has 0 amide bonds. The molecule has 1 aliphatic heterocycles. The number of ether oxygens (including phenoxy) is 2. The van der Waals surface area contributed by atoms with Crippen molar-refractivity contribution in [2.45, 2.75) is 41.5 Å². The van der Waals surface area contributed by atoms with Crippen LogP contribution in [-0.2, 0) is 4.79 Å². The lowest BCUT2D eigenvalue weighted by Crippen LogP contribution is -2.28. The van der Waals surface area contributed by atoms with E-state index < -0.39 is 0 Å². The quantitative estimate of drug-likeness (QED) is 0.402. The number of carbonyl (C=O) groups excluding carboxylic acids is 1. The lowest BCUT2D eigenvalue weighted by atomic mass is 9.71. The lowest BCUT2D eigenvalue weighted by Gasteiger charge is -2.31. The van der Waals surface area contributed by atoms with Gasteiger partial charge in [0.25, 0.3) is 0 Å². The van der Waals surface area contributed by atoms with Gasteiger partial charge in [0.05, 0.1) is 5.02 Å². The highest BCUT2D eigenvalue weighted by Crippen LogP contribution is 2.47. The van der Waals surface area contributed by atoms with E-state index in [-0.39, 0.29) is 16.6 Å². The van der Waals surface area contributed by atoms with Crippen LogP contribution in [0.2, 0.25) is 5.02 Å². The lowest BCUT2D eigenvalue weighted by molar-refractivity contribution is -0.114. The number of azo groups is 1. The number of hydrogen-bond acceptors (Lipinski definition) is 6. The average Bonchev–Trinajstić information content (AvgIpc) is 3.18. The van der Waals surface area contributed by atoms with Gasteiger partial charge in [0, 0.05) is 22.1 Å². The van der Waals surface area contributed by atoms with Crippen LogP contribution in [0.4, 0.5) is 5.69 Å². The fraction of sp³-hybridized carbons (Fsp3) is 0.370. The number of ketones is 1. The summed E-state index contributed by atoms with van der Waals surface area (Å²) in [5.74, 6) is 1.42. The molecule has 4 rings (SSSR count). The number of benzene rings is 1. The summed E-state index contributed by atoms with van der Waals surface area (Å²) < 4.78 is 11.7. The topological polar surface area (TPSA) is 60.3 Å². The van der Waals surface area contributed by atoms with Crippen LogP contribution in [0.3, 0.4) is 0 Å². The number of carbonyl (C=O) groups is 1. The molecule has 7 heteroatoms. The molecular weight excluding hydrogens is 468 g/mol. The summed E-state index contributed by atoms with van der Waals surface area (Å²) in [5, 5.41) is 11.6. The minimum absolute atomic E-state index is 0.0685. The Labute approximate surface area is 209 Å². The van der Waals surface area contributed by atoms with Crippen LogP contribution < -0.4 is 9.47 Å². The Bertz CT molecular complexity index is 1220. The van der Waals surface area contributed by atoms with Crippen molar-refractivity contribution in [3.8, 4) is 11.5 Å². The Morgan fingerprint density at radius 3 is 2.21 bits per heavy atom. The van der Waals surface area contributed by atoms with Crippen molar-refractivity contribution in [1.29, 1.82) is 0 Å². The number of halogens is 1. The largest absolute Gasteiger partial charge is 0.485 e.